The molecule has 0 N–H and O–H groups in total. The molecule has 0 aromatic carbocycles. The van der Waals surface area contributed by atoms with Gasteiger partial charge >= 0.3 is 0 Å². The monoisotopic (exact) mass is 305 g/mol. The summed E-state index contributed by atoms with van der Waals surface area (Å²) in [5.74, 6) is 0.786. The molecule has 6 nitrogen and oxygen atoms in total. The van der Waals surface area contributed by atoms with E-state index in [2.05, 4.69) is 4.98 Å². The van der Waals surface area contributed by atoms with Crippen molar-refractivity contribution in [2.45, 2.75) is 51.5 Å². The highest BCUT2D eigenvalue weighted by Crippen LogP contribution is 2.23. The summed E-state index contributed by atoms with van der Waals surface area (Å²) < 4.78 is 5.16. The lowest BCUT2D eigenvalue weighted by Crippen LogP contribution is -2.45. The van der Waals surface area contributed by atoms with E-state index in [9.17, 15) is 9.59 Å². The predicted octanol–water partition coefficient (Wildman–Crippen LogP) is 1.99. The van der Waals surface area contributed by atoms with E-state index in [4.69, 9.17) is 4.42 Å². The van der Waals surface area contributed by atoms with Crippen molar-refractivity contribution >= 4 is 11.8 Å². The first-order valence-electron chi connectivity index (χ1n) is 8.15. The summed E-state index contributed by atoms with van der Waals surface area (Å²) in [4.78, 5) is 32.3. The van der Waals surface area contributed by atoms with E-state index < -0.39 is 0 Å². The van der Waals surface area contributed by atoms with Gasteiger partial charge in [-0.25, -0.2) is 4.98 Å². The topological polar surface area (TPSA) is 66.7 Å². The summed E-state index contributed by atoms with van der Waals surface area (Å²) >= 11 is 0. The van der Waals surface area contributed by atoms with Gasteiger partial charge in [0.2, 0.25) is 5.91 Å². The zero-order valence-electron chi connectivity index (χ0n) is 13.1. The van der Waals surface area contributed by atoms with Crippen LogP contribution in [0, 0.1) is 6.92 Å². The van der Waals surface area contributed by atoms with E-state index in [1.54, 1.807) is 6.92 Å². The van der Waals surface area contributed by atoms with Crippen LogP contribution in [0.5, 0.6) is 0 Å². The minimum Gasteiger partial charge on any atom is -0.448 e. The summed E-state index contributed by atoms with van der Waals surface area (Å²) in [6.07, 6.45) is 6.99. The van der Waals surface area contributed by atoms with E-state index in [1.807, 2.05) is 9.80 Å². The number of carbonyl (C=O) groups is 2. The van der Waals surface area contributed by atoms with Gasteiger partial charge in [0, 0.05) is 32.1 Å². The lowest BCUT2D eigenvalue weighted by atomic mass is 9.98. The number of hydrogen-bond acceptors (Lipinski definition) is 4. The molecule has 0 bridgehead atoms. The fourth-order valence-electron chi connectivity index (χ4n) is 3.46. The second-order valence-electron chi connectivity index (χ2n) is 6.18. The van der Waals surface area contributed by atoms with Crippen LogP contribution in [-0.4, -0.2) is 52.3 Å². The summed E-state index contributed by atoms with van der Waals surface area (Å²) in [6.45, 7) is 4.15. The third kappa shape index (κ3) is 3.00. The smallest absolute Gasteiger partial charge is 0.276 e. The minimum absolute atomic E-state index is 0.0382. The second kappa shape index (κ2) is 6.50. The highest BCUT2D eigenvalue weighted by atomic mass is 16.3. The summed E-state index contributed by atoms with van der Waals surface area (Å²) in [7, 11) is 0. The van der Waals surface area contributed by atoms with Crippen LogP contribution in [0.2, 0.25) is 0 Å². The molecule has 1 aromatic rings. The molecular weight excluding hydrogens is 282 g/mol. The highest BCUT2D eigenvalue weighted by molar-refractivity contribution is 5.93. The van der Waals surface area contributed by atoms with Gasteiger partial charge in [0.05, 0.1) is 0 Å². The van der Waals surface area contributed by atoms with Gasteiger partial charge < -0.3 is 14.2 Å². The third-order valence-corrected chi connectivity index (χ3v) is 4.74. The molecule has 1 aromatic heterocycles. The molecule has 0 radical (unpaired) electrons. The van der Waals surface area contributed by atoms with Crippen LogP contribution in [-0.2, 0) is 4.79 Å². The number of carbonyl (C=O) groups excluding carboxylic acids is 2. The third-order valence-electron chi connectivity index (χ3n) is 4.74. The summed E-state index contributed by atoms with van der Waals surface area (Å²) in [5, 5.41) is 0. The Bertz CT molecular complexity index is 555. The van der Waals surface area contributed by atoms with Crippen molar-refractivity contribution in [2.24, 2.45) is 0 Å². The van der Waals surface area contributed by atoms with Crippen molar-refractivity contribution in [3.63, 3.8) is 0 Å². The Morgan fingerprint density at radius 3 is 2.91 bits per heavy atom. The van der Waals surface area contributed by atoms with Crippen LogP contribution in [0.3, 0.4) is 0 Å². The molecule has 0 aliphatic carbocycles. The Kier molecular flexibility index (Phi) is 4.45. The number of rotatable bonds is 4. The number of amides is 2. The number of likely N-dealkylation sites (tertiary alicyclic amines) is 2. The van der Waals surface area contributed by atoms with Gasteiger partial charge in [-0.2, -0.15) is 0 Å². The maximum Gasteiger partial charge on any atom is 0.276 e. The molecule has 0 spiro atoms. The first kappa shape index (κ1) is 15.1. The lowest BCUT2D eigenvalue weighted by molar-refractivity contribution is -0.127. The number of piperidine rings is 1. The van der Waals surface area contributed by atoms with Crippen molar-refractivity contribution in [2.75, 3.05) is 19.6 Å². The Labute approximate surface area is 130 Å². The van der Waals surface area contributed by atoms with Crippen molar-refractivity contribution in [1.29, 1.82) is 0 Å². The van der Waals surface area contributed by atoms with Crippen LogP contribution in [0.1, 0.15) is 54.8 Å². The number of nitrogens with zero attached hydrogens (tertiary/aromatic N) is 3. The molecule has 3 rings (SSSR count). The summed E-state index contributed by atoms with van der Waals surface area (Å²) in [5.41, 5.74) is 0.421. The molecule has 3 heterocycles. The molecule has 0 saturated carbocycles. The SMILES string of the molecule is Cc1ocnc1C(=O)N1CCCC[C@H]1CCN1CCCC1=O. The Morgan fingerprint density at radius 1 is 1.36 bits per heavy atom. The van der Waals surface area contributed by atoms with E-state index >= 15 is 0 Å². The van der Waals surface area contributed by atoms with Gasteiger partial charge in [-0.05, 0) is 39.0 Å². The molecule has 0 unspecified atom stereocenters. The normalized spacial score (nSPS) is 22.4. The maximum absolute atomic E-state index is 12.7. The molecule has 22 heavy (non-hydrogen) atoms. The number of hydrogen-bond donors (Lipinski definition) is 0. The van der Waals surface area contributed by atoms with Gasteiger partial charge in [0.15, 0.2) is 12.1 Å². The first-order valence-corrected chi connectivity index (χ1v) is 8.15. The quantitative estimate of drug-likeness (QED) is 0.853. The van der Waals surface area contributed by atoms with Gasteiger partial charge in [-0.3, -0.25) is 9.59 Å². The van der Waals surface area contributed by atoms with Gasteiger partial charge in [-0.1, -0.05) is 0 Å². The van der Waals surface area contributed by atoms with Crippen molar-refractivity contribution in [3.05, 3.63) is 17.8 Å². The number of aryl methyl sites for hydroxylation is 1. The summed E-state index contributed by atoms with van der Waals surface area (Å²) in [6, 6.07) is 0.200. The van der Waals surface area contributed by atoms with Gasteiger partial charge in [0.25, 0.3) is 5.91 Å². The first-order chi connectivity index (χ1) is 10.7. The van der Waals surface area contributed by atoms with E-state index in [0.29, 0.717) is 17.9 Å². The molecule has 2 saturated heterocycles. The van der Waals surface area contributed by atoms with E-state index in [-0.39, 0.29) is 17.9 Å². The zero-order chi connectivity index (χ0) is 15.5. The zero-order valence-corrected chi connectivity index (χ0v) is 13.1. The molecule has 2 aliphatic heterocycles. The largest absolute Gasteiger partial charge is 0.448 e. The Balaban J connectivity index is 1.64. The van der Waals surface area contributed by atoms with Crippen molar-refractivity contribution < 1.29 is 14.0 Å². The lowest BCUT2D eigenvalue weighted by Gasteiger charge is -2.36. The number of oxazole rings is 1. The molecule has 2 aliphatic rings. The fraction of sp³-hybridized carbons (Fsp3) is 0.688. The second-order valence-corrected chi connectivity index (χ2v) is 6.18. The van der Waals surface area contributed by atoms with Crippen LogP contribution >= 0.6 is 0 Å². The van der Waals surface area contributed by atoms with E-state index in [1.165, 1.54) is 6.39 Å². The maximum atomic E-state index is 12.7. The Morgan fingerprint density at radius 2 is 2.23 bits per heavy atom. The predicted molar refractivity (Wildman–Crippen MR) is 80.3 cm³/mol. The van der Waals surface area contributed by atoms with Gasteiger partial charge in [0.1, 0.15) is 5.76 Å². The molecule has 2 fully saturated rings. The molecule has 6 heteroatoms. The number of aromatic nitrogens is 1. The highest BCUT2D eigenvalue weighted by Gasteiger charge is 2.31. The van der Waals surface area contributed by atoms with E-state index in [0.717, 1.165) is 51.7 Å². The van der Waals surface area contributed by atoms with Crippen LogP contribution in [0.4, 0.5) is 0 Å². The molecule has 2 amide bonds. The van der Waals surface area contributed by atoms with Crippen LogP contribution < -0.4 is 0 Å². The molecular formula is C16H23N3O3. The molecule has 1 atom stereocenters. The van der Waals surface area contributed by atoms with Crippen LogP contribution in [0.15, 0.2) is 10.8 Å². The van der Waals surface area contributed by atoms with Gasteiger partial charge in [-0.15, -0.1) is 0 Å². The average molecular weight is 305 g/mol. The standard InChI is InChI=1S/C16H23N3O3/c1-12-15(17-11-22-12)16(21)19-9-3-2-5-13(19)7-10-18-8-4-6-14(18)20/h11,13H,2-10H2,1H3/t13-/m0/s1. The fourth-order valence-corrected chi connectivity index (χ4v) is 3.46. The minimum atomic E-state index is -0.0382. The van der Waals surface area contributed by atoms with Crippen LogP contribution in [0.25, 0.3) is 0 Å². The Hall–Kier alpha value is -1.85. The average Bonchev–Trinajstić information content (AvgIpc) is 3.13. The van der Waals surface area contributed by atoms with Crippen molar-refractivity contribution in [1.82, 2.24) is 14.8 Å². The van der Waals surface area contributed by atoms with Crippen molar-refractivity contribution in [3.8, 4) is 0 Å². The molecule has 120 valence electrons.